The summed E-state index contributed by atoms with van der Waals surface area (Å²) in [6.07, 6.45) is 7.38. The van der Waals surface area contributed by atoms with Gasteiger partial charge in [0, 0.05) is 12.1 Å². The first kappa shape index (κ1) is 10.9. The number of nitrogens with two attached hydrogens (primary N) is 1. The first-order valence-electron chi connectivity index (χ1n) is 5.04. The molecule has 1 rings (SSSR count). The third-order valence-corrected chi connectivity index (χ3v) is 2.10. The van der Waals surface area contributed by atoms with E-state index in [1.807, 2.05) is 0 Å². The lowest BCUT2D eigenvalue weighted by molar-refractivity contribution is -0.687. The Bertz CT molecular complexity index is 295. The van der Waals surface area contributed by atoms with Crippen molar-refractivity contribution in [2.24, 2.45) is 5.73 Å². The van der Waals surface area contributed by atoms with Crippen LogP contribution >= 0.6 is 0 Å². The highest BCUT2D eigenvalue weighted by atomic mass is 14.9. The van der Waals surface area contributed by atoms with E-state index < -0.39 is 0 Å². The molecule has 14 heavy (non-hydrogen) atoms. The molecule has 0 amide bonds. The molecule has 0 aliphatic rings. The van der Waals surface area contributed by atoms with Gasteiger partial charge in [0.05, 0.1) is 0 Å². The molecule has 0 aliphatic carbocycles. The second-order valence-corrected chi connectivity index (χ2v) is 3.72. The van der Waals surface area contributed by atoms with Gasteiger partial charge in [-0.2, -0.15) is 0 Å². The molecule has 1 heterocycles. The highest BCUT2D eigenvalue weighted by Crippen LogP contribution is 1.95. The Labute approximate surface area is 86.1 Å². The van der Waals surface area contributed by atoms with Crippen LogP contribution in [-0.4, -0.2) is 6.54 Å². The van der Waals surface area contributed by atoms with Crippen molar-refractivity contribution in [2.75, 3.05) is 6.54 Å². The highest BCUT2D eigenvalue weighted by molar-refractivity contribution is 5.07. The Morgan fingerprint density at radius 3 is 2.50 bits per heavy atom. The van der Waals surface area contributed by atoms with Crippen molar-refractivity contribution in [3.8, 4) is 0 Å². The Morgan fingerprint density at radius 2 is 2.00 bits per heavy atom. The summed E-state index contributed by atoms with van der Waals surface area (Å²) in [4.78, 5) is 0. The van der Waals surface area contributed by atoms with E-state index in [-0.39, 0.29) is 0 Å². The summed E-state index contributed by atoms with van der Waals surface area (Å²) in [7, 11) is 0. The number of nitrogens with zero attached hydrogens (tertiary/aromatic N) is 1. The van der Waals surface area contributed by atoms with Crippen molar-refractivity contribution < 1.29 is 4.57 Å². The summed E-state index contributed by atoms with van der Waals surface area (Å²) >= 11 is 0. The summed E-state index contributed by atoms with van der Waals surface area (Å²) < 4.78 is 2.16. The smallest absolute Gasteiger partial charge is 0.169 e. The molecule has 1 aromatic rings. The first-order valence-corrected chi connectivity index (χ1v) is 5.04. The average molecular weight is 191 g/mol. The van der Waals surface area contributed by atoms with E-state index >= 15 is 0 Å². The molecule has 76 valence electrons. The minimum Gasteiger partial charge on any atom is -0.330 e. The number of hydrogen-bond acceptors (Lipinski definition) is 1. The molecule has 1 aromatic heterocycles. The molecule has 0 saturated heterocycles. The Balaban J connectivity index is 2.59. The summed E-state index contributed by atoms with van der Waals surface area (Å²) in [5.41, 5.74) is 8.14. The zero-order chi connectivity index (χ0) is 10.4. The molecule has 2 N–H and O–H groups in total. The van der Waals surface area contributed by atoms with Gasteiger partial charge in [0.25, 0.3) is 0 Å². The van der Waals surface area contributed by atoms with Gasteiger partial charge in [-0.1, -0.05) is 5.57 Å². The zero-order valence-electron chi connectivity index (χ0n) is 9.03. The van der Waals surface area contributed by atoms with Gasteiger partial charge in [-0.3, -0.25) is 0 Å². The zero-order valence-corrected chi connectivity index (χ0v) is 9.03. The van der Waals surface area contributed by atoms with Gasteiger partial charge in [0.1, 0.15) is 0 Å². The highest BCUT2D eigenvalue weighted by Gasteiger charge is 1.97. The second-order valence-electron chi connectivity index (χ2n) is 3.72. The lowest BCUT2D eigenvalue weighted by Gasteiger charge is -1.97. The predicted octanol–water partition coefficient (Wildman–Crippen LogP) is 1.44. The van der Waals surface area contributed by atoms with Crippen molar-refractivity contribution in [3.05, 3.63) is 41.7 Å². The summed E-state index contributed by atoms with van der Waals surface area (Å²) in [5.74, 6) is 0. The molecule has 0 spiro atoms. The number of hydrogen-bond donors (Lipinski definition) is 1. The molecule has 2 heteroatoms. The van der Waals surface area contributed by atoms with Crippen molar-refractivity contribution in [1.82, 2.24) is 0 Å². The average Bonchev–Trinajstić information content (AvgIpc) is 2.17. The van der Waals surface area contributed by atoms with Gasteiger partial charge >= 0.3 is 0 Å². The second kappa shape index (κ2) is 5.55. The Morgan fingerprint density at radius 1 is 1.36 bits per heavy atom. The topological polar surface area (TPSA) is 29.9 Å². The molecule has 0 saturated carbocycles. The van der Waals surface area contributed by atoms with Crippen LogP contribution in [0.4, 0.5) is 0 Å². The molecule has 2 nitrogen and oxygen atoms in total. The van der Waals surface area contributed by atoms with Crippen LogP contribution in [0, 0.1) is 0 Å². The maximum Gasteiger partial charge on any atom is 0.169 e. The molecule has 0 fully saturated rings. The Kier molecular flexibility index (Phi) is 4.33. The van der Waals surface area contributed by atoms with E-state index in [1.165, 1.54) is 11.1 Å². The maximum atomic E-state index is 5.48. The minimum absolute atomic E-state index is 0.720. The summed E-state index contributed by atoms with van der Waals surface area (Å²) in [6, 6.07) is 4.26. The fraction of sp³-hybridized carbons (Fsp3) is 0.417. The van der Waals surface area contributed by atoms with E-state index in [0.717, 1.165) is 19.5 Å². The van der Waals surface area contributed by atoms with Crippen LogP contribution in [0.3, 0.4) is 0 Å². The molecular formula is C12H19N2+. The Hall–Kier alpha value is -1.15. The minimum atomic E-state index is 0.720. The van der Waals surface area contributed by atoms with Crippen molar-refractivity contribution in [1.29, 1.82) is 0 Å². The van der Waals surface area contributed by atoms with Crippen LogP contribution in [0.15, 0.2) is 36.2 Å². The number of aromatic nitrogens is 1. The van der Waals surface area contributed by atoms with Crippen molar-refractivity contribution in [3.63, 3.8) is 0 Å². The van der Waals surface area contributed by atoms with E-state index in [2.05, 4.69) is 49.0 Å². The van der Waals surface area contributed by atoms with Crippen molar-refractivity contribution >= 4 is 0 Å². The van der Waals surface area contributed by atoms with Gasteiger partial charge < -0.3 is 5.73 Å². The van der Waals surface area contributed by atoms with Gasteiger partial charge in [0.15, 0.2) is 18.9 Å². The number of pyridine rings is 1. The molecular weight excluding hydrogens is 172 g/mol. The maximum absolute atomic E-state index is 5.48. The van der Waals surface area contributed by atoms with E-state index in [1.54, 1.807) is 0 Å². The molecule has 0 aromatic carbocycles. The molecule has 0 bridgehead atoms. The van der Waals surface area contributed by atoms with Crippen LogP contribution in [0.5, 0.6) is 0 Å². The third-order valence-electron chi connectivity index (χ3n) is 2.10. The number of allylic oxidation sites excluding steroid dienone is 2. The van der Waals surface area contributed by atoms with E-state index in [4.69, 9.17) is 5.73 Å². The fourth-order valence-electron chi connectivity index (χ4n) is 1.23. The lowest BCUT2D eigenvalue weighted by atomic mass is 10.2. The first-order chi connectivity index (χ1) is 6.72. The van der Waals surface area contributed by atoms with Crippen LogP contribution in [-0.2, 0) is 13.0 Å². The SMILES string of the molecule is CC(C)=CC[n+]1ccc(CCN)cc1. The van der Waals surface area contributed by atoms with Gasteiger partial charge in [-0.15, -0.1) is 0 Å². The van der Waals surface area contributed by atoms with Crippen LogP contribution in [0.2, 0.25) is 0 Å². The molecule has 0 aliphatic heterocycles. The monoisotopic (exact) mass is 191 g/mol. The van der Waals surface area contributed by atoms with Gasteiger partial charge in [0.2, 0.25) is 0 Å². The van der Waals surface area contributed by atoms with E-state index in [9.17, 15) is 0 Å². The van der Waals surface area contributed by atoms with Gasteiger partial charge in [-0.05, 0) is 38.5 Å². The predicted molar refractivity (Wildman–Crippen MR) is 58.8 cm³/mol. The lowest BCUT2D eigenvalue weighted by Crippen LogP contribution is -2.31. The third kappa shape index (κ3) is 3.71. The molecule has 0 unspecified atom stereocenters. The summed E-state index contributed by atoms with van der Waals surface area (Å²) in [5, 5.41) is 0. The molecule has 0 atom stereocenters. The van der Waals surface area contributed by atoms with Gasteiger partial charge in [-0.25, -0.2) is 4.57 Å². The fourth-order valence-corrected chi connectivity index (χ4v) is 1.23. The van der Waals surface area contributed by atoms with Crippen LogP contribution in [0.1, 0.15) is 19.4 Å². The quantitative estimate of drug-likeness (QED) is 0.566. The van der Waals surface area contributed by atoms with Crippen molar-refractivity contribution in [2.45, 2.75) is 26.8 Å². The van der Waals surface area contributed by atoms with Crippen LogP contribution in [0.25, 0.3) is 0 Å². The molecule has 0 radical (unpaired) electrons. The number of rotatable bonds is 4. The summed E-state index contributed by atoms with van der Waals surface area (Å²) in [6.45, 7) is 5.90. The van der Waals surface area contributed by atoms with E-state index in [0.29, 0.717) is 0 Å². The van der Waals surface area contributed by atoms with Crippen LogP contribution < -0.4 is 10.3 Å². The normalized spacial score (nSPS) is 9.93. The standard InChI is InChI=1S/C12H19N2/c1-11(2)4-8-14-9-5-12(3-7-13)6-10-14/h4-6,9-10H,3,7-8,13H2,1-2H3/q+1. The largest absolute Gasteiger partial charge is 0.330 e.